The third kappa shape index (κ3) is 9.06. The Hall–Kier alpha value is -3.46. The van der Waals surface area contributed by atoms with Crippen LogP contribution >= 0.6 is 11.6 Å². The Bertz CT molecular complexity index is 1350. The Morgan fingerprint density at radius 1 is 0.949 bits per heavy atom. The summed E-state index contributed by atoms with van der Waals surface area (Å²) in [7, 11) is -3.55. The molecule has 0 unspecified atom stereocenters. The normalized spacial score (nSPS) is 11.9. The monoisotopic (exact) mass is 567 g/mol. The topological polar surface area (TPSA) is 95.6 Å². The summed E-state index contributed by atoms with van der Waals surface area (Å²) in [5.41, 5.74) is 2.60. The molecule has 0 aliphatic rings. The number of rotatable bonds is 14. The Balaban J connectivity index is 1.85. The smallest absolute Gasteiger partial charge is 0.243 e. The van der Waals surface area contributed by atoms with Gasteiger partial charge in [-0.2, -0.15) is 0 Å². The van der Waals surface area contributed by atoms with Crippen LogP contribution in [0.5, 0.6) is 0 Å². The van der Waals surface area contributed by atoms with E-state index in [1.165, 1.54) is 12.1 Å². The largest absolute Gasteiger partial charge is 0.351 e. The van der Waals surface area contributed by atoms with Crippen molar-refractivity contribution in [3.8, 4) is 0 Å². The Morgan fingerprint density at radius 3 is 2.21 bits per heavy atom. The molecule has 0 radical (unpaired) electrons. The quantitative estimate of drug-likeness (QED) is 0.280. The van der Waals surface area contributed by atoms with Gasteiger partial charge in [0.2, 0.25) is 21.8 Å². The third-order valence-corrected chi connectivity index (χ3v) is 7.97. The van der Waals surface area contributed by atoms with Crippen molar-refractivity contribution in [2.45, 2.75) is 43.7 Å². The molecular weight excluding hydrogens is 534 g/mol. The third-order valence-electron chi connectivity index (χ3n) is 6.15. The van der Waals surface area contributed by atoms with Gasteiger partial charge in [0.15, 0.2) is 0 Å². The van der Waals surface area contributed by atoms with E-state index >= 15 is 0 Å². The van der Waals surface area contributed by atoms with Gasteiger partial charge >= 0.3 is 0 Å². The molecule has 9 heteroatoms. The summed E-state index contributed by atoms with van der Waals surface area (Å²) in [4.78, 5) is 28.8. The first kappa shape index (κ1) is 30.1. The van der Waals surface area contributed by atoms with Crippen molar-refractivity contribution in [3.05, 3.63) is 113 Å². The van der Waals surface area contributed by atoms with E-state index in [1.807, 2.05) is 42.5 Å². The van der Waals surface area contributed by atoms with Gasteiger partial charge in [-0.25, -0.2) is 13.1 Å². The second kappa shape index (κ2) is 14.6. The van der Waals surface area contributed by atoms with Crippen molar-refractivity contribution in [2.24, 2.45) is 0 Å². The molecule has 0 spiro atoms. The number of benzene rings is 3. The van der Waals surface area contributed by atoms with Gasteiger partial charge in [-0.05, 0) is 47.4 Å². The number of sulfonamides is 1. The molecular formula is C30H34ClN3O4S. The van der Waals surface area contributed by atoms with Crippen LogP contribution in [0, 0.1) is 0 Å². The highest BCUT2D eigenvalue weighted by Crippen LogP contribution is 2.19. The molecule has 0 saturated heterocycles. The molecule has 206 valence electrons. The molecule has 2 amide bonds. The maximum atomic E-state index is 13.7. The maximum Gasteiger partial charge on any atom is 0.243 e. The van der Waals surface area contributed by atoms with Gasteiger partial charge in [-0.1, -0.05) is 79.2 Å². The molecule has 0 saturated carbocycles. The van der Waals surface area contributed by atoms with Crippen molar-refractivity contribution in [1.29, 1.82) is 0 Å². The summed E-state index contributed by atoms with van der Waals surface area (Å²) >= 11 is 6.07. The number of carbonyl (C=O) groups excluding carboxylic acids is 2. The van der Waals surface area contributed by atoms with Crippen LogP contribution in [0.3, 0.4) is 0 Å². The molecule has 0 aromatic heterocycles. The van der Waals surface area contributed by atoms with Crippen LogP contribution in [0.1, 0.15) is 30.0 Å². The predicted octanol–water partition coefficient (Wildman–Crippen LogP) is 4.51. The fraction of sp³-hybridized carbons (Fsp3) is 0.267. The number of halogens is 1. The van der Waals surface area contributed by atoms with E-state index in [2.05, 4.69) is 16.6 Å². The number of hydrogen-bond acceptors (Lipinski definition) is 4. The van der Waals surface area contributed by atoms with Crippen LogP contribution in [-0.2, 0) is 39.0 Å². The molecule has 3 aromatic carbocycles. The minimum atomic E-state index is -3.55. The van der Waals surface area contributed by atoms with Gasteiger partial charge in [0, 0.05) is 37.5 Å². The van der Waals surface area contributed by atoms with E-state index in [9.17, 15) is 18.0 Å². The van der Waals surface area contributed by atoms with Crippen LogP contribution < -0.4 is 10.0 Å². The lowest BCUT2D eigenvalue weighted by molar-refractivity contribution is -0.141. The Labute approximate surface area is 235 Å². The molecule has 0 aliphatic heterocycles. The van der Waals surface area contributed by atoms with Crippen LogP contribution in [0.2, 0.25) is 5.02 Å². The molecule has 3 rings (SSSR count). The SMILES string of the molecule is C=CCNC(=O)[C@H](Cc1ccccc1)N(Cc1ccc(Cl)cc1)C(=O)CCc1ccc(S(=O)(=O)NCC)cc1. The van der Waals surface area contributed by atoms with E-state index in [0.717, 1.165) is 16.7 Å². The van der Waals surface area contributed by atoms with Gasteiger partial charge in [0.1, 0.15) is 6.04 Å². The van der Waals surface area contributed by atoms with Gasteiger partial charge in [-0.3, -0.25) is 9.59 Å². The number of nitrogens with zero attached hydrogens (tertiary/aromatic N) is 1. The van der Waals surface area contributed by atoms with E-state index < -0.39 is 16.1 Å². The minimum absolute atomic E-state index is 0.146. The summed E-state index contributed by atoms with van der Waals surface area (Å²) in [6.07, 6.45) is 2.49. The second-order valence-corrected chi connectivity index (χ2v) is 11.2. The molecule has 39 heavy (non-hydrogen) atoms. The van der Waals surface area contributed by atoms with E-state index in [1.54, 1.807) is 42.2 Å². The van der Waals surface area contributed by atoms with E-state index in [4.69, 9.17) is 11.6 Å². The second-order valence-electron chi connectivity index (χ2n) is 9.03. The molecule has 0 heterocycles. The fourth-order valence-corrected chi connectivity index (χ4v) is 5.30. The average molecular weight is 568 g/mol. The molecule has 3 aromatic rings. The maximum absolute atomic E-state index is 13.7. The zero-order valence-corrected chi connectivity index (χ0v) is 23.5. The highest BCUT2D eigenvalue weighted by molar-refractivity contribution is 7.89. The van der Waals surface area contributed by atoms with Gasteiger partial charge in [-0.15, -0.1) is 6.58 Å². The van der Waals surface area contributed by atoms with E-state index in [-0.39, 0.29) is 36.2 Å². The fourth-order valence-electron chi connectivity index (χ4n) is 4.13. The van der Waals surface area contributed by atoms with E-state index in [0.29, 0.717) is 24.4 Å². The highest BCUT2D eigenvalue weighted by atomic mass is 35.5. The van der Waals surface area contributed by atoms with Crippen molar-refractivity contribution < 1.29 is 18.0 Å². The van der Waals surface area contributed by atoms with Gasteiger partial charge in [0.05, 0.1) is 4.90 Å². The Morgan fingerprint density at radius 2 is 1.59 bits per heavy atom. The first-order valence-corrected chi connectivity index (χ1v) is 14.6. The number of carbonyl (C=O) groups is 2. The van der Waals surface area contributed by atoms with Gasteiger partial charge < -0.3 is 10.2 Å². The number of hydrogen-bond donors (Lipinski definition) is 2. The van der Waals surface area contributed by atoms with Crippen molar-refractivity contribution >= 4 is 33.4 Å². The summed E-state index contributed by atoms with van der Waals surface area (Å²) in [5.74, 6) is -0.456. The molecule has 1 atom stereocenters. The molecule has 0 fully saturated rings. The summed E-state index contributed by atoms with van der Waals surface area (Å²) < 4.78 is 26.9. The number of amides is 2. The Kier molecular flexibility index (Phi) is 11.3. The summed E-state index contributed by atoms with van der Waals surface area (Å²) in [5, 5.41) is 3.44. The summed E-state index contributed by atoms with van der Waals surface area (Å²) in [6, 6.07) is 22.5. The van der Waals surface area contributed by atoms with Crippen LogP contribution in [0.25, 0.3) is 0 Å². The predicted molar refractivity (Wildman–Crippen MR) is 155 cm³/mol. The molecule has 0 bridgehead atoms. The minimum Gasteiger partial charge on any atom is -0.351 e. The lowest BCUT2D eigenvalue weighted by Gasteiger charge is -2.31. The first-order chi connectivity index (χ1) is 18.7. The zero-order valence-electron chi connectivity index (χ0n) is 22.0. The van der Waals surface area contributed by atoms with Crippen molar-refractivity contribution in [1.82, 2.24) is 14.9 Å². The van der Waals surface area contributed by atoms with Crippen molar-refractivity contribution in [3.63, 3.8) is 0 Å². The van der Waals surface area contributed by atoms with Gasteiger partial charge in [0.25, 0.3) is 0 Å². The van der Waals surface area contributed by atoms with Crippen LogP contribution in [0.4, 0.5) is 0 Å². The number of aryl methyl sites for hydroxylation is 1. The zero-order chi connectivity index (χ0) is 28.3. The lowest BCUT2D eigenvalue weighted by Crippen LogP contribution is -2.50. The van der Waals surface area contributed by atoms with Crippen molar-refractivity contribution in [2.75, 3.05) is 13.1 Å². The van der Waals surface area contributed by atoms with Crippen LogP contribution in [0.15, 0.2) is 96.4 Å². The van der Waals surface area contributed by atoms with Crippen LogP contribution in [-0.4, -0.2) is 44.3 Å². The first-order valence-electron chi connectivity index (χ1n) is 12.8. The molecule has 0 aliphatic carbocycles. The number of nitrogens with one attached hydrogen (secondary N) is 2. The summed E-state index contributed by atoms with van der Waals surface area (Å²) in [6.45, 7) is 6.21. The standard InChI is InChI=1S/C30H34ClN3O4S/c1-3-20-32-30(36)28(21-24-8-6-5-7-9-24)34(22-25-10-15-26(31)16-11-25)29(35)19-14-23-12-17-27(18-13-23)39(37,38)33-4-2/h3,5-13,15-18,28,33H,1,4,14,19-22H2,2H3,(H,32,36)/t28-/m0/s1. The molecule has 7 nitrogen and oxygen atoms in total. The highest BCUT2D eigenvalue weighted by Gasteiger charge is 2.30. The molecule has 2 N–H and O–H groups in total. The average Bonchev–Trinajstić information content (AvgIpc) is 2.94. The lowest BCUT2D eigenvalue weighted by atomic mass is 10.0.